The van der Waals surface area contributed by atoms with Crippen molar-refractivity contribution in [2.24, 2.45) is 0 Å². The van der Waals surface area contributed by atoms with Gasteiger partial charge in [0.1, 0.15) is 0 Å². The maximum atomic E-state index is 11.6. The number of anilines is 1. The molecule has 0 atom stereocenters. The van der Waals surface area contributed by atoms with Gasteiger partial charge in [-0.15, -0.1) is 0 Å². The van der Waals surface area contributed by atoms with Gasteiger partial charge in [0.15, 0.2) is 0 Å². The topological polar surface area (TPSA) is 32.3 Å². The number of hydrogen-bond acceptors (Lipinski definition) is 2. The van der Waals surface area contributed by atoms with E-state index in [1.54, 1.807) is 0 Å². The molecular weight excluding hydrogens is 176 g/mol. The number of carbonyl (C=O) groups is 1. The highest BCUT2D eigenvalue weighted by Crippen LogP contribution is 2.23. The number of fused-ring (bicyclic) bond motifs is 1. The van der Waals surface area contributed by atoms with E-state index in [9.17, 15) is 4.79 Å². The number of benzene rings is 1. The lowest BCUT2D eigenvalue weighted by Gasteiger charge is -2.19. The zero-order valence-corrected chi connectivity index (χ0v) is 8.08. The lowest BCUT2D eigenvalue weighted by molar-refractivity contribution is 0.0959. The minimum Gasteiger partial charge on any atom is -0.346 e. The first kappa shape index (κ1) is 8.81. The van der Waals surface area contributed by atoms with Crippen LogP contribution >= 0.6 is 0 Å². The SMILES string of the molecule is C=C1CNC(=O)c2ccccc2N1C. The van der Waals surface area contributed by atoms with Crippen LogP contribution in [-0.2, 0) is 0 Å². The molecule has 0 aliphatic carbocycles. The number of rotatable bonds is 0. The predicted octanol–water partition coefficient (Wildman–Crippen LogP) is 1.38. The summed E-state index contributed by atoms with van der Waals surface area (Å²) in [5.41, 5.74) is 2.50. The Labute approximate surface area is 83.0 Å². The molecule has 0 fully saturated rings. The number of carbonyl (C=O) groups excluding carboxylic acids is 1. The van der Waals surface area contributed by atoms with Crippen molar-refractivity contribution in [1.29, 1.82) is 0 Å². The highest BCUT2D eigenvalue weighted by molar-refractivity contribution is 6.01. The molecule has 72 valence electrons. The number of hydrogen-bond donors (Lipinski definition) is 1. The molecule has 0 saturated carbocycles. The van der Waals surface area contributed by atoms with Gasteiger partial charge in [0.05, 0.1) is 17.8 Å². The van der Waals surface area contributed by atoms with Crippen molar-refractivity contribution in [3.8, 4) is 0 Å². The molecule has 1 N–H and O–H groups in total. The molecule has 0 aromatic heterocycles. The van der Waals surface area contributed by atoms with E-state index in [1.165, 1.54) is 0 Å². The maximum absolute atomic E-state index is 11.6. The number of nitrogens with one attached hydrogen (secondary N) is 1. The molecule has 3 heteroatoms. The summed E-state index contributed by atoms with van der Waals surface area (Å²) >= 11 is 0. The Morgan fingerprint density at radius 3 is 2.93 bits per heavy atom. The van der Waals surface area contributed by atoms with Gasteiger partial charge in [-0.25, -0.2) is 0 Å². The number of likely N-dealkylation sites (N-methyl/N-ethyl adjacent to an activating group) is 1. The van der Waals surface area contributed by atoms with Gasteiger partial charge in [-0.3, -0.25) is 4.79 Å². The average Bonchev–Trinajstić information content (AvgIpc) is 2.33. The summed E-state index contributed by atoms with van der Waals surface area (Å²) in [5, 5.41) is 2.80. The Balaban J connectivity index is 2.57. The fraction of sp³-hybridized carbons (Fsp3) is 0.182. The average molecular weight is 188 g/mol. The predicted molar refractivity (Wildman–Crippen MR) is 56.3 cm³/mol. The molecule has 0 unspecified atom stereocenters. The van der Waals surface area contributed by atoms with Crippen LogP contribution in [0.25, 0.3) is 0 Å². The van der Waals surface area contributed by atoms with E-state index in [1.807, 2.05) is 36.2 Å². The van der Waals surface area contributed by atoms with Crippen LogP contribution < -0.4 is 10.2 Å². The van der Waals surface area contributed by atoms with Gasteiger partial charge in [0.25, 0.3) is 5.91 Å². The van der Waals surface area contributed by atoms with Gasteiger partial charge in [-0.1, -0.05) is 18.7 Å². The van der Waals surface area contributed by atoms with E-state index in [0.29, 0.717) is 12.1 Å². The molecule has 0 spiro atoms. The second kappa shape index (κ2) is 3.18. The van der Waals surface area contributed by atoms with Crippen LogP contribution in [0.2, 0.25) is 0 Å². The van der Waals surface area contributed by atoms with Crippen molar-refractivity contribution in [1.82, 2.24) is 5.32 Å². The largest absolute Gasteiger partial charge is 0.346 e. The fourth-order valence-electron chi connectivity index (χ4n) is 1.52. The number of nitrogens with zero attached hydrogens (tertiary/aromatic N) is 1. The second-order valence-electron chi connectivity index (χ2n) is 3.33. The molecule has 3 nitrogen and oxygen atoms in total. The number of para-hydroxylation sites is 1. The molecule has 1 aliphatic heterocycles. The molecule has 0 saturated heterocycles. The minimum absolute atomic E-state index is 0.0360. The fourth-order valence-corrected chi connectivity index (χ4v) is 1.52. The van der Waals surface area contributed by atoms with Crippen LogP contribution in [0.5, 0.6) is 0 Å². The molecule has 2 rings (SSSR count). The summed E-state index contributed by atoms with van der Waals surface area (Å²) in [6, 6.07) is 7.52. The molecule has 1 aromatic carbocycles. The maximum Gasteiger partial charge on any atom is 0.253 e. The second-order valence-corrected chi connectivity index (χ2v) is 3.33. The Kier molecular flexibility index (Phi) is 2.00. The third-order valence-corrected chi connectivity index (χ3v) is 2.44. The molecular formula is C11H12N2O. The number of amides is 1. The van der Waals surface area contributed by atoms with E-state index in [2.05, 4.69) is 11.9 Å². The third kappa shape index (κ3) is 1.27. The summed E-state index contributed by atoms with van der Waals surface area (Å²) in [4.78, 5) is 13.6. The van der Waals surface area contributed by atoms with E-state index in [-0.39, 0.29) is 5.91 Å². The standard InChI is InChI=1S/C11H12N2O/c1-8-7-12-11(14)9-5-3-4-6-10(9)13(8)2/h3-6H,1,7H2,2H3,(H,12,14). The van der Waals surface area contributed by atoms with Crippen LogP contribution in [0.15, 0.2) is 36.5 Å². The van der Waals surface area contributed by atoms with Gasteiger partial charge < -0.3 is 10.2 Å². The Morgan fingerprint density at radius 2 is 2.14 bits per heavy atom. The third-order valence-electron chi connectivity index (χ3n) is 2.44. The summed E-state index contributed by atoms with van der Waals surface area (Å²) in [6.07, 6.45) is 0. The zero-order valence-electron chi connectivity index (χ0n) is 8.08. The van der Waals surface area contributed by atoms with Crippen LogP contribution in [0.1, 0.15) is 10.4 Å². The molecule has 1 aliphatic rings. The van der Waals surface area contributed by atoms with Crippen molar-refractivity contribution in [2.75, 3.05) is 18.5 Å². The van der Waals surface area contributed by atoms with Crippen molar-refractivity contribution >= 4 is 11.6 Å². The highest BCUT2D eigenvalue weighted by Gasteiger charge is 2.19. The first-order chi connectivity index (χ1) is 6.70. The van der Waals surface area contributed by atoms with Crippen molar-refractivity contribution < 1.29 is 4.79 Å². The van der Waals surface area contributed by atoms with Crippen molar-refractivity contribution in [3.05, 3.63) is 42.1 Å². The molecule has 1 aromatic rings. The molecule has 0 radical (unpaired) electrons. The lowest BCUT2D eigenvalue weighted by Crippen LogP contribution is -2.25. The summed E-state index contributed by atoms with van der Waals surface area (Å²) in [5.74, 6) is -0.0360. The first-order valence-corrected chi connectivity index (χ1v) is 4.49. The Hall–Kier alpha value is -1.77. The summed E-state index contributed by atoms with van der Waals surface area (Å²) in [7, 11) is 1.92. The first-order valence-electron chi connectivity index (χ1n) is 4.49. The molecule has 0 bridgehead atoms. The highest BCUT2D eigenvalue weighted by atomic mass is 16.1. The Morgan fingerprint density at radius 1 is 1.43 bits per heavy atom. The van der Waals surface area contributed by atoms with Crippen LogP contribution in [0, 0.1) is 0 Å². The van der Waals surface area contributed by atoms with Crippen LogP contribution in [0.4, 0.5) is 5.69 Å². The van der Waals surface area contributed by atoms with Gasteiger partial charge >= 0.3 is 0 Å². The van der Waals surface area contributed by atoms with Crippen molar-refractivity contribution in [2.45, 2.75) is 0 Å². The van der Waals surface area contributed by atoms with Gasteiger partial charge in [0, 0.05) is 12.7 Å². The van der Waals surface area contributed by atoms with E-state index >= 15 is 0 Å². The quantitative estimate of drug-likeness (QED) is 0.667. The summed E-state index contributed by atoms with van der Waals surface area (Å²) < 4.78 is 0. The monoisotopic (exact) mass is 188 g/mol. The zero-order chi connectivity index (χ0) is 10.1. The van der Waals surface area contributed by atoms with E-state index < -0.39 is 0 Å². The van der Waals surface area contributed by atoms with Gasteiger partial charge in [-0.2, -0.15) is 0 Å². The normalized spacial score (nSPS) is 15.9. The van der Waals surface area contributed by atoms with Crippen LogP contribution in [0.3, 0.4) is 0 Å². The van der Waals surface area contributed by atoms with E-state index in [4.69, 9.17) is 0 Å². The summed E-state index contributed by atoms with van der Waals surface area (Å²) in [6.45, 7) is 4.40. The minimum atomic E-state index is -0.0360. The molecule has 1 amide bonds. The van der Waals surface area contributed by atoms with Crippen LogP contribution in [-0.4, -0.2) is 19.5 Å². The van der Waals surface area contributed by atoms with Gasteiger partial charge in [-0.05, 0) is 12.1 Å². The van der Waals surface area contributed by atoms with Gasteiger partial charge in [0.2, 0.25) is 0 Å². The molecule has 1 heterocycles. The molecule has 14 heavy (non-hydrogen) atoms. The van der Waals surface area contributed by atoms with E-state index in [0.717, 1.165) is 11.4 Å². The van der Waals surface area contributed by atoms with Crippen molar-refractivity contribution in [3.63, 3.8) is 0 Å². The smallest absolute Gasteiger partial charge is 0.253 e. The lowest BCUT2D eigenvalue weighted by atomic mass is 10.1. The Bertz CT molecular complexity index is 398.